The highest BCUT2D eigenvalue weighted by Crippen LogP contribution is 2.19. The molecule has 0 unspecified atom stereocenters. The number of nitrogens with zero attached hydrogens (tertiary/aromatic N) is 1. The highest BCUT2D eigenvalue weighted by molar-refractivity contribution is 5.79. The van der Waals surface area contributed by atoms with Gasteiger partial charge in [-0.25, -0.2) is 0 Å². The smallest absolute Gasteiger partial charge is 0.227 e. The molecule has 0 bridgehead atoms. The second kappa shape index (κ2) is 6.97. The lowest BCUT2D eigenvalue weighted by Crippen LogP contribution is -2.41. The van der Waals surface area contributed by atoms with Crippen LogP contribution in [0.25, 0.3) is 0 Å². The molecule has 106 valence electrons. The molecule has 1 heterocycles. The lowest BCUT2D eigenvalue weighted by molar-refractivity contribution is -0.132. The molecule has 0 atom stereocenters. The third-order valence-electron chi connectivity index (χ3n) is 3.53. The molecule has 1 aromatic carbocycles. The largest absolute Gasteiger partial charge is 0.508 e. The predicted octanol–water partition coefficient (Wildman–Crippen LogP) is 1.58. The molecule has 1 amide bonds. The molecule has 1 saturated heterocycles. The molecule has 1 N–H and O–H groups in total. The van der Waals surface area contributed by atoms with Crippen LogP contribution in [0.2, 0.25) is 0 Å². The Bertz CT molecular complexity index is 499. The summed E-state index contributed by atoms with van der Waals surface area (Å²) in [7, 11) is 0. The highest BCUT2D eigenvalue weighted by Gasteiger charge is 2.23. The van der Waals surface area contributed by atoms with Crippen LogP contribution in [0.5, 0.6) is 5.75 Å². The number of terminal acetylenes is 1. The number of phenols is 1. The second-order valence-corrected chi connectivity index (χ2v) is 4.90. The van der Waals surface area contributed by atoms with E-state index < -0.39 is 0 Å². The first-order valence-corrected chi connectivity index (χ1v) is 6.80. The van der Waals surface area contributed by atoms with E-state index in [0.29, 0.717) is 25.3 Å². The molecule has 1 fully saturated rings. The van der Waals surface area contributed by atoms with Gasteiger partial charge in [0.15, 0.2) is 0 Å². The van der Waals surface area contributed by atoms with E-state index in [1.54, 1.807) is 18.2 Å². The minimum absolute atomic E-state index is 0.0434. The zero-order chi connectivity index (χ0) is 14.4. The van der Waals surface area contributed by atoms with Crippen molar-refractivity contribution in [2.45, 2.75) is 25.4 Å². The summed E-state index contributed by atoms with van der Waals surface area (Å²) in [5.41, 5.74) is 0.670. The number of likely N-dealkylation sites (tertiary alicyclic amines) is 1. The molecule has 1 aliphatic rings. The minimum atomic E-state index is 0.0434. The predicted molar refractivity (Wildman–Crippen MR) is 76.2 cm³/mol. The summed E-state index contributed by atoms with van der Waals surface area (Å²) in [5, 5.41) is 9.69. The number of benzene rings is 1. The Hall–Kier alpha value is -1.99. The van der Waals surface area contributed by atoms with Gasteiger partial charge in [-0.15, -0.1) is 6.42 Å². The number of phenolic OH excluding ortho intramolecular Hbond substituents is 1. The maximum absolute atomic E-state index is 12.2. The molecule has 4 heteroatoms. The van der Waals surface area contributed by atoms with Crippen molar-refractivity contribution in [3.05, 3.63) is 29.8 Å². The molecule has 0 radical (unpaired) electrons. The number of para-hydroxylation sites is 1. The average Bonchev–Trinajstić information content (AvgIpc) is 2.48. The molecule has 1 aliphatic heterocycles. The Balaban J connectivity index is 1.83. The van der Waals surface area contributed by atoms with Gasteiger partial charge in [0, 0.05) is 18.7 Å². The topological polar surface area (TPSA) is 49.8 Å². The van der Waals surface area contributed by atoms with Gasteiger partial charge < -0.3 is 14.7 Å². The Kier molecular flexibility index (Phi) is 5.03. The third-order valence-corrected chi connectivity index (χ3v) is 3.53. The van der Waals surface area contributed by atoms with Crippen molar-refractivity contribution >= 4 is 5.91 Å². The monoisotopic (exact) mass is 273 g/mol. The van der Waals surface area contributed by atoms with Crippen LogP contribution in [-0.4, -0.2) is 41.7 Å². The maximum atomic E-state index is 12.2. The van der Waals surface area contributed by atoms with Crippen LogP contribution in [0.3, 0.4) is 0 Å². The molecule has 0 spiro atoms. The zero-order valence-electron chi connectivity index (χ0n) is 11.4. The summed E-state index contributed by atoms with van der Waals surface area (Å²) in [6, 6.07) is 6.94. The van der Waals surface area contributed by atoms with Gasteiger partial charge in [-0.1, -0.05) is 24.1 Å². The standard InChI is InChI=1S/C16H19NO3/c1-2-11-20-14-7-9-17(10-8-14)16(19)12-13-5-3-4-6-15(13)18/h1,3-6,14,18H,7-12H2. The fourth-order valence-corrected chi connectivity index (χ4v) is 2.37. The van der Waals surface area contributed by atoms with Crippen molar-refractivity contribution < 1.29 is 14.6 Å². The van der Waals surface area contributed by atoms with Crippen LogP contribution in [0.4, 0.5) is 0 Å². The van der Waals surface area contributed by atoms with Gasteiger partial charge in [-0.05, 0) is 18.9 Å². The van der Waals surface area contributed by atoms with Crippen molar-refractivity contribution in [3.63, 3.8) is 0 Å². The molecule has 1 aromatic rings. The number of amides is 1. The van der Waals surface area contributed by atoms with E-state index in [1.165, 1.54) is 0 Å². The SMILES string of the molecule is C#CCOC1CCN(C(=O)Cc2ccccc2O)CC1. The van der Waals surface area contributed by atoms with Crippen LogP contribution in [-0.2, 0) is 16.0 Å². The van der Waals surface area contributed by atoms with Crippen molar-refractivity contribution in [1.82, 2.24) is 4.90 Å². The van der Waals surface area contributed by atoms with Crippen molar-refractivity contribution in [2.75, 3.05) is 19.7 Å². The summed E-state index contributed by atoms with van der Waals surface area (Å²) in [6.07, 6.45) is 7.18. The second-order valence-electron chi connectivity index (χ2n) is 4.90. The summed E-state index contributed by atoms with van der Waals surface area (Å²) in [4.78, 5) is 14.0. The van der Waals surface area contributed by atoms with Crippen LogP contribution in [0.1, 0.15) is 18.4 Å². The van der Waals surface area contributed by atoms with Crippen molar-refractivity contribution in [2.24, 2.45) is 0 Å². The number of aromatic hydroxyl groups is 1. The van der Waals surface area contributed by atoms with Crippen LogP contribution < -0.4 is 0 Å². The number of hydrogen-bond donors (Lipinski definition) is 1. The van der Waals surface area contributed by atoms with Crippen LogP contribution in [0.15, 0.2) is 24.3 Å². The molecule has 20 heavy (non-hydrogen) atoms. The van der Waals surface area contributed by atoms with Gasteiger partial charge in [0.05, 0.1) is 12.5 Å². The fourth-order valence-electron chi connectivity index (χ4n) is 2.37. The van der Waals surface area contributed by atoms with E-state index in [1.807, 2.05) is 11.0 Å². The first-order chi connectivity index (χ1) is 9.70. The zero-order valence-corrected chi connectivity index (χ0v) is 11.4. The van der Waals surface area contributed by atoms with E-state index in [9.17, 15) is 9.90 Å². The quantitative estimate of drug-likeness (QED) is 0.847. The first kappa shape index (κ1) is 14.4. The maximum Gasteiger partial charge on any atom is 0.227 e. The Morgan fingerprint density at radius 1 is 1.40 bits per heavy atom. The molecular formula is C16H19NO3. The molecule has 4 nitrogen and oxygen atoms in total. The van der Waals surface area contributed by atoms with E-state index in [2.05, 4.69) is 5.92 Å². The number of piperidine rings is 1. The van der Waals surface area contributed by atoms with Gasteiger partial charge in [0.2, 0.25) is 5.91 Å². The Morgan fingerprint density at radius 2 is 2.10 bits per heavy atom. The lowest BCUT2D eigenvalue weighted by atomic mass is 10.1. The molecule has 0 saturated carbocycles. The number of carbonyl (C=O) groups is 1. The normalized spacial score (nSPS) is 15.8. The third kappa shape index (κ3) is 3.75. The van der Waals surface area contributed by atoms with E-state index >= 15 is 0 Å². The van der Waals surface area contributed by atoms with E-state index in [4.69, 9.17) is 11.2 Å². The highest BCUT2D eigenvalue weighted by atomic mass is 16.5. The van der Waals surface area contributed by atoms with Gasteiger partial charge in [0.25, 0.3) is 0 Å². The number of hydrogen-bond acceptors (Lipinski definition) is 3. The number of rotatable bonds is 4. The summed E-state index contributed by atoms with van der Waals surface area (Å²) in [5.74, 6) is 2.67. The van der Waals surface area contributed by atoms with Crippen LogP contribution in [0, 0.1) is 12.3 Å². The summed E-state index contributed by atoms with van der Waals surface area (Å²) in [6.45, 7) is 1.69. The lowest BCUT2D eigenvalue weighted by Gasteiger charge is -2.31. The van der Waals surface area contributed by atoms with Gasteiger partial charge in [-0.3, -0.25) is 4.79 Å². The Labute approximate surface area is 119 Å². The fraction of sp³-hybridized carbons (Fsp3) is 0.438. The number of ether oxygens (including phenoxy) is 1. The first-order valence-electron chi connectivity index (χ1n) is 6.80. The van der Waals surface area contributed by atoms with Crippen LogP contribution >= 0.6 is 0 Å². The average molecular weight is 273 g/mol. The van der Waals surface area contributed by atoms with Crippen molar-refractivity contribution in [3.8, 4) is 18.1 Å². The van der Waals surface area contributed by atoms with Crippen molar-refractivity contribution in [1.29, 1.82) is 0 Å². The molecule has 0 aliphatic carbocycles. The summed E-state index contributed by atoms with van der Waals surface area (Å²) >= 11 is 0. The van der Waals surface area contributed by atoms with E-state index in [0.717, 1.165) is 12.8 Å². The molecule has 0 aromatic heterocycles. The molecular weight excluding hydrogens is 254 g/mol. The van der Waals surface area contributed by atoms with Gasteiger partial charge in [-0.2, -0.15) is 0 Å². The summed E-state index contributed by atoms with van der Waals surface area (Å²) < 4.78 is 5.48. The number of carbonyl (C=O) groups excluding carboxylic acids is 1. The van der Waals surface area contributed by atoms with Gasteiger partial charge >= 0.3 is 0 Å². The Morgan fingerprint density at radius 3 is 2.75 bits per heavy atom. The van der Waals surface area contributed by atoms with E-state index in [-0.39, 0.29) is 24.2 Å². The van der Waals surface area contributed by atoms with Gasteiger partial charge in [0.1, 0.15) is 12.4 Å². The molecule has 2 rings (SSSR count). The minimum Gasteiger partial charge on any atom is -0.508 e.